The number of benzene rings is 1. The van der Waals surface area contributed by atoms with Crippen LogP contribution in [0.1, 0.15) is 48.0 Å². The van der Waals surface area contributed by atoms with Crippen LogP contribution in [-0.4, -0.2) is 27.6 Å². The van der Waals surface area contributed by atoms with Crippen LogP contribution in [0.2, 0.25) is 0 Å². The molecule has 1 unspecified atom stereocenters. The summed E-state index contributed by atoms with van der Waals surface area (Å²) in [6, 6.07) is 11.2. The third-order valence-electron chi connectivity index (χ3n) is 7.02. The molecule has 2 aromatic rings. The molecule has 4 aliphatic rings. The van der Waals surface area contributed by atoms with Crippen LogP contribution in [0.25, 0.3) is 0 Å². The number of nitrogens with one attached hydrogen (secondary N) is 2. The number of anilines is 3. The summed E-state index contributed by atoms with van der Waals surface area (Å²) >= 11 is 0. The highest BCUT2D eigenvalue weighted by Gasteiger charge is 2.54. The zero-order valence-corrected chi connectivity index (χ0v) is 16.6. The summed E-state index contributed by atoms with van der Waals surface area (Å²) < 4.78 is 0. The average molecular weight is 403 g/mol. The standard InChI is InChI=1S/C23H25N5O2/c24-11-13-1-3-17(4-2-13)27-20-7-19(18(12-26-20)22(25)29)28-21-15-5-14-6-16(21)10-23(30,8-14)9-15/h1-4,7,12,14-16,21,30H,5-6,8-10H2,(H2,25,29)(H2,26,27,28)/t14?,15-,16+,21-,23-. The molecule has 1 heterocycles. The van der Waals surface area contributed by atoms with Crippen molar-refractivity contribution in [1.29, 1.82) is 5.26 Å². The Morgan fingerprint density at radius 3 is 2.50 bits per heavy atom. The zero-order valence-electron chi connectivity index (χ0n) is 16.6. The maximum atomic E-state index is 12.0. The third-order valence-corrected chi connectivity index (χ3v) is 7.02. The van der Waals surface area contributed by atoms with E-state index in [9.17, 15) is 9.90 Å². The first kappa shape index (κ1) is 18.9. The van der Waals surface area contributed by atoms with Crippen LogP contribution in [0.4, 0.5) is 17.2 Å². The minimum Gasteiger partial charge on any atom is -0.390 e. The number of aliphatic hydroxyl groups is 1. The molecule has 1 aromatic heterocycles. The molecule has 154 valence electrons. The summed E-state index contributed by atoms with van der Waals surface area (Å²) in [5.74, 6) is 1.51. The van der Waals surface area contributed by atoms with Gasteiger partial charge in [0.1, 0.15) is 5.82 Å². The lowest BCUT2D eigenvalue weighted by Crippen LogP contribution is -2.59. The summed E-state index contributed by atoms with van der Waals surface area (Å²) in [6.07, 6.45) is 6.34. The van der Waals surface area contributed by atoms with Crippen LogP contribution < -0.4 is 16.4 Å². The van der Waals surface area contributed by atoms with Crippen LogP contribution in [-0.2, 0) is 0 Å². The number of rotatable bonds is 5. The van der Waals surface area contributed by atoms with Gasteiger partial charge in [-0.05, 0) is 74.1 Å². The fourth-order valence-electron chi connectivity index (χ4n) is 6.01. The maximum Gasteiger partial charge on any atom is 0.252 e. The summed E-state index contributed by atoms with van der Waals surface area (Å²) in [5.41, 5.74) is 7.55. The molecule has 4 saturated carbocycles. The van der Waals surface area contributed by atoms with E-state index >= 15 is 0 Å². The van der Waals surface area contributed by atoms with Gasteiger partial charge in [0.25, 0.3) is 5.91 Å². The van der Waals surface area contributed by atoms with Crippen LogP contribution in [0.3, 0.4) is 0 Å². The highest BCUT2D eigenvalue weighted by molar-refractivity contribution is 5.98. The second kappa shape index (κ2) is 6.99. The summed E-state index contributed by atoms with van der Waals surface area (Å²) in [5, 5.41) is 26.6. The van der Waals surface area contributed by atoms with Crippen molar-refractivity contribution in [3.63, 3.8) is 0 Å². The van der Waals surface area contributed by atoms with Crippen molar-refractivity contribution < 1.29 is 9.90 Å². The van der Waals surface area contributed by atoms with Gasteiger partial charge in [0.15, 0.2) is 0 Å². The molecular weight excluding hydrogens is 378 g/mol. The van der Waals surface area contributed by atoms with Crippen molar-refractivity contribution in [2.75, 3.05) is 10.6 Å². The quantitative estimate of drug-likeness (QED) is 0.608. The minimum atomic E-state index is -0.516. The van der Waals surface area contributed by atoms with E-state index in [1.807, 2.05) is 18.2 Å². The number of hydrogen-bond donors (Lipinski definition) is 4. The molecule has 1 amide bonds. The van der Waals surface area contributed by atoms with Crippen molar-refractivity contribution in [1.82, 2.24) is 4.98 Å². The number of aromatic nitrogens is 1. The number of hydrogen-bond acceptors (Lipinski definition) is 6. The normalized spacial score (nSPS) is 31.2. The van der Waals surface area contributed by atoms with Crippen molar-refractivity contribution in [3.8, 4) is 6.07 Å². The van der Waals surface area contributed by atoms with Gasteiger partial charge in [-0.3, -0.25) is 4.79 Å². The highest BCUT2D eigenvalue weighted by atomic mass is 16.3. The van der Waals surface area contributed by atoms with E-state index in [-0.39, 0.29) is 6.04 Å². The van der Waals surface area contributed by atoms with E-state index in [4.69, 9.17) is 11.0 Å². The molecule has 5 atom stereocenters. The van der Waals surface area contributed by atoms with Gasteiger partial charge in [-0.15, -0.1) is 0 Å². The van der Waals surface area contributed by atoms with Crippen LogP contribution in [0.15, 0.2) is 36.5 Å². The van der Waals surface area contributed by atoms with Crippen molar-refractivity contribution >= 4 is 23.1 Å². The molecule has 5 N–H and O–H groups in total. The molecule has 4 fully saturated rings. The molecule has 0 spiro atoms. The molecule has 4 bridgehead atoms. The first-order valence-electron chi connectivity index (χ1n) is 10.5. The van der Waals surface area contributed by atoms with Crippen LogP contribution in [0.5, 0.6) is 0 Å². The number of nitriles is 1. The van der Waals surface area contributed by atoms with Crippen LogP contribution >= 0.6 is 0 Å². The first-order chi connectivity index (χ1) is 14.4. The second-order valence-corrected chi connectivity index (χ2v) is 9.16. The summed E-state index contributed by atoms with van der Waals surface area (Å²) in [7, 11) is 0. The second-order valence-electron chi connectivity index (χ2n) is 9.16. The van der Waals surface area contributed by atoms with Gasteiger partial charge in [-0.2, -0.15) is 5.26 Å². The Morgan fingerprint density at radius 2 is 1.90 bits per heavy atom. The fraction of sp³-hybridized carbons (Fsp3) is 0.435. The Balaban J connectivity index is 1.40. The molecule has 4 aliphatic carbocycles. The number of primary amides is 1. The number of carbonyl (C=O) groups is 1. The Hall–Kier alpha value is -3.11. The Bertz CT molecular complexity index is 1010. The summed E-state index contributed by atoms with van der Waals surface area (Å²) in [6.45, 7) is 0. The molecule has 0 saturated heterocycles. The van der Waals surface area contributed by atoms with E-state index in [0.717, 1.165) is 37.8 Å². The first-order valence-corrected chi connectivity index (χ1v) is 10.5. The summed E-state index contributed by atoms with van der Waals surface area (Å²) in [4.78, 5) is 16.3. The van der Waals surface area contributed by atoms with Gasteiger partial charge < -0.3 is 21.5 Å². The molecule has 30 heavy (non-hydrogen) atoms. The van der Waals surface area contributed by atoms with E-state index in [1.54, 1.807) is 12.1 Å². The Kier molecular flexibility index (Phi) is 4.40. The lowest BCUT2D eigenvalue weighted by atomic mass is 9.52. The number of nitrogens with two attached hydrogens (primary N) is 1. The number of carbonyl (C=O) groups excluding carboxylic acids is 1. The van der Waals surface area contributed by atoms with Gasteiger partial charge in [0.05, 0.1) is 28.5 Å². The molecule has 6 rings (SSSR count). The van der Waals surface area contributed by atoms with Gasteiger partial charge in [0.2, 0.25) is 0 Å². The van der Waals surface area contributed by atoms with E-state index in [2.05, 4.69) is 21.7 Å². The smallest absolute Gasteiger partial charge is 0.252 e. The van der Waals surface area contributed by atoms with Gasteiger partial charge in [-0.1, -0.05) is 0 Å². The largest absolute Gasteiger partial charge is 0.390 e. The van der Waals surface area contributed by atoms with E-state index in [1.165, 1.54) is 6.20 Å². The molecular formula is C23H25N5O2. The molecule has 7 heteroatoms. The Morgan fingerprint density at radius 1 is 1.20 bits per heavy atom. The average Bonchev–Trinajstić information content (AvgIpc) is 2.70. The number of pyridine rings is 1. The predicted octanol–water partition coefficient (Wildman–Crippen LogP) is 3.15. The van der Waals surface area contributed by atoms with Crippen molar-refractivity contribution in [2.24, 2.45) is 23.5 Å². The zero-order chi connectivity index (χ0) is 20.9. The van der Waals surface area contributed by atoms with E-state index < -0.39 is 11.5 Å². The molecule has 1 aromatic carbocycles. The van der Waals surface area contributed by atoms with Crippen LogP contribution in [0, 0.1) is 29.1 Å². The lowest BCUT2D eigenvalue weighted by Gasteiger charge is -2.58. The van der Waals surface area contributed by atoms with Gasteiger partial charge in [-0.25, -0.2) is 4.98 Å². The topological polar surface area (TPSA) is 124 Å². The SMILES string of the molecule is N#Cc1ccc(Nc2cc(N[C@@H]3[C@@H]4CC5C[C@H]3C[C@@](O)(C5)C4)c(C(N)=O)cn2)cc1. The Labute approximate surface area is 175 Å². The molecule has 0 aliphatic heterocycles. The highest BCUT2D eigenvalue weighted by Crippen LogP contribution is 2.56. The van der Waals surface area contributed by atoms with Crippen molar-refractivity contribution in [2.45, 2.75) is 43.7 Å². The molecule has 7 nitrogen and oxygen atoms in total. The maximum absolute atomic E-state index is 12.0. The number of amides is 1. The fourth-order valence-corrected chi connectivity index (χ4v) is 6.01. The van der Waals surface area contributed by atoms with Gasteiger partial charge in [0, 0.05) is 24.0 Å². The van der Waals surface area contributed by atoms with Crippen molar-refractivity contribution in [3.05, 3.63) is 47.7 Å². The lowest BCUT2D eigenvalue weighted by molar-refractivity contribution is -0.129. The van der Waals surface area contributed by atoms with E-state index in [0.29, 0.717) is 40.4 Å². The predicted molar refractivity (Wildman–Crippen MR) is 113 cm³/mol. The monoisotopic (exact) mass is 403 g/mol. The third kappa shape index (κ3) is 3.37. The van der Waals surface area contributed by atoms with Gasteiger partial charge >= 0.3 is 0 Å². The number of nitrogens with zero attached hydrogens (tertiary/aromatic N) is 2. The minimum absolute atomic E-state index is 0.227. The molecule has 0 radical (unpaired) electrons.